The fraction of sp³-hybridized carbons (Fsp3) is 0.706. The summed E-state index contributed by atoms with van der Waals surface area (Å²) < 4.78 is 8.43. The second-order valence-corrected chi connectivity index (χ2v) is 6.77. The summed E-state index contributed by atoms with van der Waals surface area (Å²) in [7, 11) is 0. The number of aliphatic carboxylic acids is 1. The molecule has 1 aliphatic heterocycles. The van der Waals surface area contributed by atoms with E-state index in [9.17, 15) is 14.4 Å². The molecule has 1 aliphatic rings. The van der Waals surface area contributed by atoms with Crippen LogP contribution in [0.3, 0.4) is 0 Å². The van der Waals surface area contributed by atoms with Gasteiger partial charge in [-0.05, 0) is 31.6 Å². The minimum atomic E-state index is -1.16. The van der Waals surface area contributed by atoms with Gasteiger partial charge in [-0.25, -0.2) is 4.79 Å². The summed E-state index contributed by atoms with van der Waals surface area (Å²) in [6.07, 6.45) is 4.83. The summed E-state index contributed by atoms with van der Waals surface area (Å²) in [4.78, 5) is 35.4. The molecule has 8 heteroatoms. The van der Waals surface area contributed by atoms with Crippen LogP contribution in [0.15, 0.2) is 21.9 Å². The SMILES string of the molecule is CCC(C)CC1CC[C@H](n2ccc(=O)n(CCC(N)C(=O)O)c2=O)O1. The molecule has 4 atom stereocenters. The van der Waals surface area contributed by atoms with Gasteiger partial charge in [0.1, 0.15) is 12.3 Å². The summed E-state index contributed by atoms with van der Waals surface area (Å²) in [5, 5.41) is 8.83. The normalized spacial score (nSPS) is 22.7. The number of carbonyl (C=O) groups is 1. The lowest BCUT2D eigenvalue weighted by atomic mass is 10.00. The molecule has 8 nitrogen and oxygen atoms in total. The van der Waals surface area contributed by atoms with Crippen LogP contribution in [0.2, 0.25) is 0 Å². The van der Waals surface area contributed by atoms with Crippen LogP contribution in [0.5, 0.6) is 0 Å². The third kappa shape index (κ3) is 4.79. The van der Waals surface area contributed by atoms with E-state index in [1.54, 1.807) is 0 Å². The molecule has 0 aliphatic carbocycles. The van der Waals surface area contributed by atoms with Gasteiger partial charge in [-0.3, -0.25) is 18.7 Å². The fourth-order valence-electron chi connectivity index (χ4n) is 3.03. The zero-order valence-corrected chi connectivity index (χ0v) is 14.8. The van der Waals surface area contributed by atoms with Crippen LogP contribution in [-0.4, -0.2) is 32.4 Å². The van der Waals surface area contributed by atoms with Gasteiger partial charge in [0.15, 0.2) is 0 Å². The number of nitrogens with zero attached hydrogens (tertiary/aromatic N) is 2. The predicted octanol–water partition coefficient (Wildman–Crippen LogP) is 0.926. The summed E-state index contributed by atoms with van der Waals surface area (Å²) in [6.45, 7) is 4.28. The van der Waals surface area contributed by atoms with Crippen molar-refractivity contribution in [1.82, 2.24) is 9.13 Å². The first-order valence-electron chi connectivity index (χ1n) is 8.79. The van der Waals surface area contributed by atoms with E-state index in [2.05, 4.69) is 13.8 Å². The Bertz CT molecular complexity index is 711. The highest BCUT2D eigenvalue weighted by molar-refractivity contribution is 5.72. The van der Waals surface area contributed by atoms with Gasteiger partial charge in [0, 0.05) is 18.8 Å². The van der Waals surface area contributed by atoms with Gasteiger partial charge < -0.3 is 15.6 Å². The number of rotatable bonds is 8. The van der Waals surface area contributed by atoms with Gasteiger partial charge in [-0.15, -0.1) is 0 Å². The zero-order valence-electron chi connectivity index (χ0n) is 14.8. The van der Waals surface area contributed by atoms with Crippen molar-refractivity contribution in [3.8, 4) is 0 Å². The van der Waals surface area contributed by atoms with Crippen molar-refractivity contribution in [2.45, 2.75) is 70.9 Å². The Kier molecular flexibility index (Phi) is 6.55. The first kappa shape index (κ1) is 19.4. The quantitative estimate of drug-likeness (QED) is 0.718. The number of ether oxygens (including phenoxy) is 1. The van der Waals surface area contributed by atoms with Crippen LogP contribution in [0.4, 0.5) is 0 Å². The second-order valence-electron chi connectivity index (χ2n) is 6.77. The van der Waals surface area contributed by atoms with E-state index in [1.807, 2.05) is 0 Å². The highest BCUT2D eigenvalue weighted by atomic mass is 16.5. The van der Waals surface area contributed by atoms with Gasteiger partial charge in [0.25, 0.3) is 5.56 Å². The van der Waals surface area contributed by atoms with Crippen molar-refractivity contribution >= 4 is 5.97 Å². The van der Waals surface area contributed by atoms with Crippen molar-refractivity contribution in [2.75, 3.05) is 0 Å². The molecule has 0 bridgehead atoms. The van der Waals surface area contributed by atoms with E-state index in [4.69, 9.17) is 15.6 Å². The average Bonchev–Trinajstić information content (AvgIpc) is 3.02. The molecule has 1 fully saturated rings. The lowest BCUT2D eigenvalue weighted by molar-refractivity contribution is -0.138. The largest absolute Gasteiger partial charge is 0.480 e. The maximum atomic E-state index is 12.6. The Morgan fingerprint density at radius 2 is 2.16 bits per heavy atom. The number of carboxylic acid groups (broad SMARTS) is 1. The van der Waals surface area contributed by atoms with Crippen LogP contribution in [-0.2, 0) is 16.1 Å². The Balaban J connectivity index is 2.12. The predicted molar refractivity (Wildman–Crippen MR) is 92.4 cm³/mol. The molecule has 0 radical (unpaired) electrons. The molecule has 25 heavy (non-hydrogen) atoms. The molecule has 3 N–H and O–H groups in total. The number of aromatic nitrogens is 2. The first-order chi connectivity index (χ1) is 11.8. The summed E-state index contributed by atoms with van der Waals surface area (Å²) in [5.74, 6) is -0.594. The third-order valence-corrected chi connectivity index (χ3v) is 4.83. The molecule has 1 saturated heterocycles. The van der Waals surface area contributed by atoms with Crippen LogP contribution >= 0.6 is 0 Å². The molecule has 3 unspecified atom stereocenters. The van der Waals surface area contributed by atoms with Crippen LogP contribution in [0.25, 0.3) is 0 Å². The number of hydrogen-bond acceptors (Lipinski definition) is 5. The standard InChI is InChI=1S/C17H27N3O5/c1-3-11(2)10-12-4-5-15(25-12)20-9-7-14(21)19(17(20)24)8-6-13(18)16(22)23/h7,9,11-13,15H,3-6,8,10,18H2,1-2H3,(H,22,23)/t11?,12?,13?,15-/m1/s1. The van der Waals surface area contributed by atoms with Crippen LogP contribution < -0.4 is 17.0 Å². The highest BCUT2D eigenvalue weighted by Crippen LogP contribution is 2.31. The molecule has 0 saturated carbocycles. The molecule has 1 aromatic heterocycles. The van der Waals surface area contributed by atoms with Gasteiger partial charge >= 0.3 is 11.7 Å². The minimum absolute atomic E-state index is 0.0106. The molecular formula is C17H27N3O5. The number of nitrogens with two attached hydrogens (primary N) is 1. The maximum absolute atomic E-state index is 12.6. The lowest BCUT2D eigenvalue weighted by Gasteiger charge is -2.19. The minimum Gasteiger partial charge on any atom is -0.480 e. The first-order valence-corrected chi connectivity index (χ1v) is 8.79. The summed E-state index contributed by atoms with van der Waals surface area (Å²) in [6, 6.07) is 0.196. The Morgan fingerprint density at radius 3 is 2.80 bits per heavy atom. The van der Waals surface area contributed by atoms with Crippen molar-refractivity contribution in [2.24, 2.45) is 11.7 Å². The van der Waals surface area contributed by atoms with Crippen molar-refractivity contribution in [3.63, 3.8) is 0 Å². The highest BCUT2D eigenvalue weighted by Gasteiger charge is 2.28. The van der Waals surface area contributed by atoms with Crippen molar-refractivity contribution in [1.29, 1.82) is 0 Å². The van der Waals surface area contributed by atoms with E-state index in [1.165, 1.54) is 16.8 Å². The third-order valence-electron chi connectivity index (χ3n) is 4.83. The van der Waals surface area contributed by atoms with Crippen molar-refractivity contribution in [3.05, 3.63) is 33.1 Å². The number of hydrogen-bond donors (Lipinski definition) is 2. The molecule has 1 aromatic rings. The van der Waals surface area contributed by atoms with Gasteiger partial charge in [0.05, 0.1) is 6.10 Å². The molecule has 2 heterocycles. The van der Waals surface area contributed by atoms with Crippen LogP contribution in [0.1, 0.15) is 52.2 Å². The number of carboxylic acids is 1. The summed E-state index contributed by atoms with van der Waals surface area (Å²) in [5.41, 5.74) is 4.50. The van der Waals surface area contributed by atoms with Crippen molar-refractivity contribution < 1.29 is 14.6 Å². The molecule has 140 valence electrons. The smallest absolute Gasteiger partial charge is 0.333 e. The second kappa shape index (κ2) is 8.44. The Hall–Kier alpha value is -1.93. The average molecular weight is 353 g/mol. The topological polar surface area (TPSA) is 117 Å². The molecule has 0 aromatic carbocycles. The Labute approximate surface area is 146 Å². The van der Waals surface area contributed by atoms with Gasteiger partial charge in [-0.1, -0.05) is 20.3 Å². The summed E-state index contributed by atoms with van der Waals surface area (Å²) >= 11 is 0. The molecule has 0 spiro atoms. The molecule has 2 rings (SSSR count). The van der Waals surface area contributed by atoms with E-state index >= 15 is 0 Å². The Morgan fingerprint density at radius 1 is 1.44 bits per heavy atom. The zero-order chi connectivity index (χ0) is 18.6. The van der Waals surface area contributed by atoms with Gasteiger partial charge in [0.2, 0.25) is 0 Å². The van der Waals surface area contributed by atoms with E-state index in [-0.39, 0.29) is 25.3 Å². The van der Waals surface area contributed by atoms with Crippen LogP contribution in [0, 0.1) is 5.92 Å². The lowest BCUT2D eigenvalue weighted by Crippen LogP contribution is -2.42. The fourth-order valence-corrected chi connectivity index (χ4v) is 3.03. The van der Waals surface area contributed by atoms with E-state index in [0.29, 0.717) is 12.3 Å². The monoisotopic (exact) mass is 353 g/mol. The van der Waals surface area contributed by atoms with E-state index in [0.717, 1.165) is 23.8 Å². The molecular weight excluding hydrogens is 326 g/mol. The molecule has 0 amide bonds. The van der Waals surface area contributed by atoms with Gasteiger partial charge in [-0.2, -0.15) is 0 Å². The maximum Gasteiger partial charge on any atom is 0.333 e. The van der Waals surface area contributed by atoms with E-state index < -0.39 is 23.3 Å².